The molecule has 3 N–H and O–H groups in total. The number of hydrogen-bond acceptors (Lipinski definition) is 9. The molecule has 2 fully saturated rings. The van der Waals surface area contributed by atoms with Crippen molar-refractivity contribution < 1.29 is 4.74 Å². The van der Waals surface area contributed by atoms with E-state index in [4.69, 9.17) is 10.5 Å². The summed E-state index contributed by atoms with van der Waals surface area (Å²) in [6.45, 7) is 2.11. The molecule has 3 aromatic heterocycles. The summed E-state index contributed by atoms with van der Waals surface area (Å²) in [5.74, 6) is 2.53. The molecule has 4 heterocycles. The number of methoxy groups -OCH3 is 1. The Labute approximate surface area is 203 Å². The number of nitrogen functional groups attached to an aromatic ring is 1. The molecule has 1 aliphatic heterocycles. The van der Waals surface area contributed by atoms with Gasteiger partial charge in [0.2, 0.25) is 11.9 Å². The lowest BCUT2D eigenvalue weighted by Gasteiger charge is -2.59. The van der Waals surface area contributed by atoms with Crippen molar-refractivity contribution in [2.75, 3.05) is 36.1 Å². The molecular weight excluding hydrogens is 442 g/mol. The lowest BCUT2D eigenvalue weighted by molar-refractivity contribution is -0.0733. The van der Waals surface area contributed by atoms with E-state index in [0.717, 1.165) is 54.3 Å². The van der Waals surface area contributed by atoms with Gasteiger partial charge in [0, 0.05) is 61.9 Å². The number of aryl methyl sites for hydroxylation is 1. The van der Waals surface area contributed by atoms with Crippen LogP contribution in [0, 0.1) is 5.41 Å². The van der Waals surface area contributed by atoms with Gasteiger partial charge in [0.05, 0.1) is 11.8 Å². The zero-order chi connectivity index (χ0) is 24.0. The van der Waals surface area contributed by atoms with Crippen molar-refractivity contribution in [1.82, 2.24) is 29.7 Å². The SMILES string of the molecule is COC1CC2(C1)CN(c1ccc(-c3nc(Nc4ccc(-c5ccnc(N)n5)cc4)n(C)n3)cn1)C2. The van der Waals surface area contributed by atoms with Gasteiger partial charge in [0.1, 0.15) is 5.82 Å². The number of hydrogen-bond donors (Lipinski definition) is 2. The predicted molar refractivity (Wildman–Crippen MR) is 134 cm³/mol. The van der Waals surface area contributed by atoms with Gasteiger partial charge in [0.25, 0.3) is 0 Å². The minimum atomic E-state index is 0.256. The molecule has 1 saturated heterocycles. The van der Waals surface area contributed by atoms with Crippen LogP contribution in [0.4, 0.5) is 23.4 Å². The van der Waals surface area contributed by atoms with Crippen molar-refractivity contribution in [3.63, 3.8) is 0 Å². The Morgan fingerprint density at radius 3 is 2.46 bits per heavy atom. The Kier molecular flexibility index (Phi) is 5.10. The molecule has 1 aliphatic carbocycles. The number of anilines is 4. The maximum atomic E-state index is 5.69. The molecule has 1 spiro atoms. The van der Waals surface area contributed by atoms with Crippen LogP contribution in [-0.2, 0) is 11.8 Å². The van der Waals surface area contributed by atoms with E-state index < -0.39 is 0 Å². The van der Waals surface area contributed by atoms with Gasteiger partial charge >= 0.3 is 0 Å². The summed E-state index contributed by atoms with van der Waals surface area (Å²) in [6, 6.07) is 13.8. The molecule has 0 atom stereocenters. The molecule has 0 bridgehead atoms. The smallest absolute Gasteiger partial charge is 0.225 e. The van der Waals surface area contributed by atoms with E-state index in [-0.39, 0.29) is 5.95 Å². The largest absolute Gasteiger partial charge is 0.381 e. The highest BCUT2D eigenvalue weighted by molar-refractivity contribution is 5.66. The minimum absolute atomic E-state index is 0.256. The number of benzene rings is 1. The molecule has 10 nitrogen and oxygen atoms in total. The molecule has 6 rings (SSSR count). The molecule has 1 aromatic carbocycles. The van der Waals surface area contributed by atoms with Crippen molar-refractivity contribution in [2.24, 2.45) is 12.5 Å². The molecule has 10 heteroatoms. The number of rotatable bonds is 6. The van der Waals surface area contributed by atoms with Gasteiger partial charge in [0.15, 0.2) is 5.82 Å². The first-order valence-corrected chi connectivity index (χ1v) is 11.6. The summed E-state index contributed by atoms with van der Waals surface area (Å²) in [5, 5.41) is 7.89. The number of ether oxygens (including phenoxy) is 1. The van der Waals surface area contributed by atoms with Gasteiger partial charge in [-0.25, -0.2) is 19.6 Å². The first-order valence-electron chi connectivity index (χ1n) is 11.6. The molecule has 4 aromatic rings. The number of nitrogens with two attached hydrogens (primary N) is 1. The first-order chi connectivity index (χ1) is 17.0. The summed E-state index contributed by atoms with van der Waals surface area (Å²) in [5.41, 5.74) is 9.64. The second-order valence-electron chi connectivity index (χ2n) is 9.41. The fourth-order valence-corrected chi connectivity index (χ4v) is 4.97. The first kappa shape index (κ1) is 21.5. The highest BCUT2D eigenvalue weighted by Gasteiger charge is 2.52. The molecule has 1 saturated carbocycles. The van der Waals surface area contributed by atoms with Gasteiger partial charge < -0.3 is 20.7 Å². The molecule has 0 radical (unpaired) electrons. The average molecular weight is 470 g/mol. The van der Waals surface area contributed by atoms with E-state index in [0.29, 0.717) is 23.3 Å². The Balaban J connectivity index is 1.11. The summed E-state index contributed by atoms with van der Waals surface area (Å²) in [7, 11) is 3.67. The maximum absolute atomic E-state index is 5.69. The number of nitrogens with zero attached hydrogens (tertiary/aromatic N) is 7. The molecular formula is C25H27N9O. The van der Waals surface area contributed by atoms with Gasteiger partial charge in [-0.2, -0.15) is 4.98 Å². The van der Waals surface area contributed by atoms with Crippen LogP contribution >= 0.6 is 0 Å². The van der Waals surface area contributed by atoms with E-state index in [1.807, 2.05) is 49.6 Å². The molecule has 0 amide bonds. The second-order valence-corrected chi connectivity index (χ2v) is 9.41. The summed E-state index contributed by atoms with van der Waals surface area (Å²) in [4.78, 5) is 19.9. The quantitative estimate of drug-likeness (QED) is 0.438. The van der Waals surface area contributed by atoms with Crippen LogP contribution in [0.3, 0.4) is 0 Å². The Bertz CT molecular complexity index is 1340. The van der Waals surface area contributed by atoms with Gasteiger partial charge in [-0.05, 0) is 43.2 Å². The van der Waals surface area contributed by atoms with Crippen LogP contribution in [0.2, 0.25) is 0 Å². The van der Waals surface area contributed by atoms with Gasteiger partial charge in [-0.3, -0.25) is 0 Å². The third kappa shape index (κ3) is 4.06. The van der Waals surface area contributed by atoms with Crippen LogP contribution in [0.25, 0.3) is 22.6 Å². The summed E-state index contributed by atoms with van der Waals surface area (Å²) < 4.78 is 7.16. The van der Waals surface area contributed by atoms with Gasteiger partial charge in [-0.15, -0.1) is 5.10 Å². The highest BCUT2D eigenvalue weighted by Crippen LogP contribution is 2.50. The van der Waals surface area contributed by atoms with Crippen molar-refractivity contribution >= 4 is 23.4 Å². The van der Waals surface area contributed by atoms with E-state index in [1.165, 1.54) is 0 Å². The normalized spacial score (nSPS) is 16.7. The van der Waals surface area contributed by atoms with Crippen LogP contribution in [0.15, 0.2) is 54.9 Å². The van der Waals surface area contributed by atoms with E-state index >= 15 is 0 Å². The third-order valence-corrected chi connectivity index (χ3v) is 6.91. The Hall–Kier alpha value is -4.05. The van der Waals surface area contributed by atoms with E-state index in [9.17, 15) is 0 Å². The number of aromatic nitrogens is 6. The van der Waals surface area contributed by atoms with Crippen molar-refractivity contribution in [1.29, 1.82) is 0 Å². The van der Waals surface area contributed by atoms with Crippen LogP contribution in [0.5, 0.6) is 0 Å². The topological polar surface area (TPSA) is 120 Å². The standard InChI is InChI=1S/C25H27N9O/c1-33-24(29-18-6-3-16(4-7-18)20-9-10-27-23(26)30-20)31-22(32-33)17-5-8-21(28-13-17)34-14-25(15-34)11-19(12-25)35-2/h3-10,13,19H,11-12,14-15H2,1-2H3,(H2,26,27,30)(H,29,31,32). The van der Waals surface area contributed by atoms with Crippen LogP contribution in [0.1, 0.15) is 12.8 Å². The molecule has 178 valence electrons. The van der Waals surface area contributed by atoms with Gasteiger partial charge in [-0.1, -0.05) is 12.1 Å². The third-order valence-electron chi connectivity index (χ3n) is 6.91. The van der Waals surface area contributed by atoms with Crippen molar-refractivity contribution in [3.05, 3.63) is 54.9 Å². The maximum Gasteiger partial charge on any atom is 0.225 e. The monoisotopic (exact) mass is 469 g/mol. The highest BCUT2D eigenvalue weighted by atomic mass is 16.5. The summed E-state index contributed by atoms with van der Waals surface area (Å²) in [6.07, 6.45) is 6.24. The predicted octanol–water partition coefficient (Wildman–Crippen LogP) is 3.28. The van der Waals surface area contributed by atoms with E-state index in [2.05, 4.69) is 41.3 Å². The van der Waals surface area contributed by atoms with Crippen molar-refractivity contribution in [3.8, 4) is 22.6 Å². The number of pyridine rings is 1. The van der Waals surface area contributed by atoms with Crippen molar-refractivity contribution in [2.45, 2.75) is 18.9 Å². The molecule has 0 unspecified atom stereocenters. The Morgan fingerprint density at radius 2 is 1.77 bits per heavy atom. The van der Waals surface area contributed by atoms with Crippen LogP contribution < -0.4 is 16.0 Å². The van der Waals surface area contributed by atoms with Crippen LogP contribution in [-0.4, -0.2) is 56.0 Å². The lowest BCUT2D eigenvalue weighted by atomic mass is 9.62. The molecule has 2 aliphatic rings. The summed E-state index contributed by atoms with van der Waals surface area (Å²) >= 11 is 0. The molecule has 35 heavy (non-hydrogen) atoms. The fraction of sp³-hybridized carbons (Fsp3) is 0.320. The zero-order valence-corrected chi connectivity index (χ0v) is 19.7. The second kappa shape index (κ2) is 8.31. The number of nitrogens with one attached hydrogen (secondary N) is 1. The minimum Gasteiger partial charge on any atom is -0.381 e. The zero-order valence-electron chi connectivity index (χ0n) is 19.7. The lowest BCUT2D eigenvalue weighted by Crippen LogP contribution is -2.64. The average Bonchev–Trinajstić information content (AvgIpc) is 3.18. The van der Waals surface area contributed by atoms with E-state index in [1.54, 1.807) is 18.0 Å². The Morgan fingerprint density at radius 1 is 1.00 bits per heavy atom. The fourth-order valence-electron chi connectivity index (χ4n) is 4.97.